The van der Waals surface area contributed by atoms with Crippen LogP contribution in [-0.4, -0.2) is 57.7 Å². The number of benzene rings is 1. The first-order chi connectivity index (χ1) is 18.8. The van der Waals surface area contributed by atoms with E-state index in [0.717, 1.165) is 4.90 Å². The molecule has 0 saturated carbocycles. The molecular formula is C25H19Cl2N9O3. The second-order valence-corrected chi connectivity index (χ2v) is 9.72. The lowest BCUT2D eigenvalue weighted by atomic mass is 10.1. The van der Waals surface area contributed by atoms with Crippen LogP contribution in [0.3, 0.4) is 0 Å². The van der Waals surface area contributed by atoms with E-state index in [-0.39, 0.29) is 16.8 Å². The Morgan fingerprint density at radius 3 is 2.69 bits per heavy atom. The zero-order valence-electron chi connectivity index (χ0n) is 20.3. The van der Waals surface area contributed by atoms with E-state index in [1.54, 1.807) is 47.3 Å². The van der Waals surface area contributed by atoms with Gasteiger partial charge in [-0.15, -0.1) is 5.10 Å². The molecule has 1 aromatic carbocycles. The van der Waals surface area contributed by atoms with Crippen LogP contribution in [0, 0.1) is 0 Å². The first-order valence-electron chi connectivity index (χ1n) is 11.8. The third kappa shape index (κ3) is 4.53. The molecule has 0 bridgehead atoms. The molecule has 0 saturated heterocycles. The van der Waals surface area contributed by atoms with E-state index in [2.05, 4.69) is 25.3 Å². The number of imidazole rings is 1. The molecule has 14 heteroatoms. The topological polar surface area (TPSA) is 148 Å². The summed E-state index contributed by atoms with van der Waals surface area (Å²) in [5, 5.41) is 17.7. The molecule has 1 aliphatic heterocycles. The molecule has 12 nitrogen and oxygen atoms in total. The van der Waals surface area contributed by atoms with Crippen molar-refractivity contribution in [2.24, 2.45) is 0 Å². The number of amides is 1. The average Bonchev–Trinajstić information content (AvgIpc) is 3.68. The number of aromatic nitrogens is 8. The molecule has 0 spiro atoms. The highest BCUT2D eigenvalue weighted by molar-refractivity contribution is 6.31. The predicted molar refractivity (Wildman–Crippen MR) is 144 cm³/mol. The fourth-order valence-electron chi connectivity index (χ4n) is 4.61. The fraction of sp³-hybridized carbons (Fsp3) is 0.160. The number of aromatic amines is 1. The number of H-pyrrole nitrogens is 1. The highest BCUT2D eigenvalue weighted by Gasteiger charge is 2.29. The van der Waals surface area contributed by atoms with E-state index < -0.39 is 6.09 Å². The van der Waals surface area contributed by atoms with Crippen LogP contribution >= 0.6 is 23.2 Å². The van der Waals surface area contributed by atoms with Crippen molar-refractivity contribution >= 4 is 35.0 Å². The van der Waals surface area contributed by atoms with Gasteiger partial charge in [-0.1, -0.05) is 28.4 Å². The first kappa shape index (κ1) is 24.8. The molecule has 196 valence electrons. The van der Waals surface area contributed by atoms with Crippen LogP contribution in [0.2, 0.25) is 10.2 Å². The number of hydrogen-bond donors (Lipinski definition) is 2. The molecule has 39 heavy (non-hydrogen) atoms. The van der Waals surface area contributed by atoms with E-state index in [1.807, 2.05) is 0 Å². The summed E-state index contributed by atoms with van der Waals surface area (Å²) >= 11 is 12.2. The largest absolute Gasteiger partial charge is 0.465 e. The van der Waals surface area contributed by atoms with E-state index in [1.165, 1.54) is 24.0 Å². The zero-order valence-corrected chi connectivity index (χ0v) is 21.8. The van der Waals surface area contributed by atoms with Crippen LogP contribution in [0.15, 0.2) is 59.8 Å². The third-order valence-electron chi connectivity index (χ3n) is 6.53. The summed E-state index contributed by atoms with van der Waals surface area (Å²) in [5.41, 5.74) is 3.18. The van der Waals surface area contributed by atoms with Gasteiger partial charge in [0.25, 0.3) is 5.56 Å². The summed E-state index contributed by atoms with van der Waals surface area (Å²) in [6.07, 6.45) is 4.81. The van der Waals surface area contributed by atoms with Gasteiger partial charge in [-0.05, 0) is 36.8 Å². The standard InChI is InChI=1S/C25H19Cl2N9O3/c1-34(25(38)39)14-3-4-16(28-10-14)18-11-29-24(31-18)20-6-7-22-30-17(9-23(37)36(20)22)15-8-13(26)2-5-19(15)35-12-21(27)32-33-35/h2-5,8-12,20H,6-7H2,1H3,(H,29,31)(H,38,39)/t20-/m0/s1. The molecule has 6 rings (SSSR count). The number of fused-ring (bicyclic) bond motifs is 1. The van der Waals surface area contributed by atoms with E-state index in [4.69, 9.17) is 33.3 Å². The quantitative estimate of drug-likeness (QED) is 0.322. The van der Waals surface area contributed by atoms with Crippen LogP contribution in [0.5, 0.6) is 0 Å². The van der Waals surface area contributed by atoms with E-state index in [0.29, 0.717) is 63.5 Å². The van der Waals surface area contributed by atoms with Crippen LogP contribution in [0.1, 0.15) is 24.1 Å². The van der Waals surface area contributed by atoms with Gasteiger partial charge >= 0.3 is 6.09 Å². The number of pyridine rings is 1. The Morgan fingerprint density at radius 2 is 1.97 bits per heavy atom. The third-order valence-corrected chi connectivity index (χ3v) is 6.94. The Bertz CT molecular complexity index is 1780. The minimum atomic E-state index is -1.08. The molecule has 1 amide bonds. The van der Waals surface area contributed by atoms with Crippen molar-refractivity contribution in [3.8, 4) is 28.3 Å². The number of rotatable bonds is 5. The van der Waals surface area contributed by atoms with Gasteiger partial charge in [-0.25, -0.2) is 19.4 Å². The van der Waals surface area contributed by atoms with Crippen LogP contribution < -0.4 is 10.5 Å². The highest BCUT2D eigenvalue weighted by atomic mass is 35.5. The molecule has 0 aliphatic carbocycles. The minimum Gasteiger partial charge on any atom is -0.465 e. The van der Waals surface area contributed by atoms with Gasteiger partial charge in [-0.3, -0.25) is 19.2 Å². The van der Waals surface area contributed by atoms with Gasteiger partial charge in [0.05, 0.1) is 53.1 Å². The van der Waals surface area contributed by atoms with Gasteiger partial charge in [0.15, 0.2) is 5.15 Å². The second kappa shape index (κ2) is 9.64. The summed E-state index contributed by atoms with van der Waals surface area (Å²) in [6, 6.07) is 9.72. The molecule has 0 fully saturated rings. The maximum absolute atomic E-state index is 13.4. The number of hydrogen-bond acceptors (Lipinski definition) is 7. The average molecular weight is 564 g/mol. The Kier molecular flexibility index (Phi) is 6.12. The van der Waals surface area contributed by atoms with Crippen molar-refractivity contribution in [1.82, 2.24) is 39.5 Å². The minimum absolute atomic E-state index is 0.225. The Balaban J connectivity index is 1.32. The molecule has 5 aromatic rings. The molecular weight excluding hydrogens is 545 g/mol. The van der Waals surface area contributed by atoms with Crippen molar-refractivity contribution in [2.45, 2.75) is 18.9 Å². The molecule has 0 unspecified atom stereocenters. The van der Waals surface area contributed by atoms with Crippen LogP contribution in [0.4, 0.5) is 10.5 Å². The SMILES string of the molecule is CN(C(=O)O)c1ccc(-c2cnc([C@@H]3CCc4nc(-c5cc(Cl)ccc5-n5cc(Cl)nn5)cc(=O)n43)[nH]2)nc1. The van der Waals surface area contributed by atoms with Crippen molar-refractivity contribution in [1.29, 1.82) is 0 Å². The zero-order chi connectivity index (χ0) is 27.3. The van der Waals surface area contributed by atoms with Gasteiger partial charge in [0.2, 0.25) is 0 Å². The molecule has 4 aromatic heterocycles. The highest BCUT2D eigenvalue weighted by Crippen LogP contribution is 2.32. The summed E-state index contributed by atoms with van der Waals surface area (Å²) < 4.78 is 3.15. The van der Waals surface area contributed by atoms with E-state index >= 15 is 0 Å². The van der Waals surface area contributed by atoms with E-state index in [9.17, 15) is 9.59 Å². The lowest BCUT2D eigenvalue weighted by Crippen LogP contribution is -2.25. The molecule has 2 N–H and O–H groups in total. The Morgan fingerprint density at radius 1 is 1.13 bits per heavy atom. The fourth-order valence-corrected chi connectivity index (χ4v) is 4.90. The number of carboxylic acid groups (broad SMARTS) is 1. The summed E-state index contributed by atoms with van der Waals surface area (Å²) in [7, 11) is 1.44. The molecule has 5 heterocycles. The number of anilines is 1. The smallest absolute Gasteiger partial charge is 0.411 e. The summed E-state index contributed by atoms with van der Waals surface area (Å²) in [6.45, 7) is 0. The maximum atomic E-state index is 13.4. The number of aryl methyl sites for hydroxylation is 1. The van der Waals surface area contributed by atoms with Crippen molar-refractivity contribution in [2.75, 3.05) is 11.9 Å². The lowest BCUT2D eigenvalue weighted by molar-refractivity contribution is 0.203. The maximum Gasteiger partial charge on any atom is 0.411 e. The van der Waals surface area contributed by atoms with Gasteiger partial charge in [0.1, 0.15) is 11.6 Å². The monoisotopic (exact) mass is 563 g/mol. The second-order valence-electron chi connectivity index (χ2n) is 8.89. The number of halogens is 2. The number of nitrogens with zero attached hydrogens (tertiary/aromatic N) is 8. The van der Waals surface area contributed by atoms with Gasteiger partial charge < -0.3 is 10.1 Å². The van der Waals surface area contributed by atoms with Gasteiger partial charge in [0, 0.05) is 30.1 Å². The van der Waals surface area contributed by atoms with Crippen LogP contribution in [0.25, 0.3) is 28.3 Å². The predicted octanol–water partition coefficient (Wildman–Crippen LogP) is 4.23. The summed E-state index contributed by atoms with van der Waals surface area (Å²) in [5.74, 6) is 1.23. The lowest BCUT2D eigenvalue weighted by Gasteiger charge is -2.14. The molecule has 1 aliphatic rings. The Hall–Kier alpha value is -4.55. The first-order valence-corrected chi connectivity index (χ1v) is 12.5. The normalized spacial score (nSPS) is 14.4. The van der Waals surface area contributed by atoms with Gasteiger partial charge in [-0.2, -0.15) is 0 Å². The number of nitrogens with one attached hydrogen (secondary N) is 1. The number of carbonyl (C=O) groups is 1. The van der Waals surface area contributed by atoms with Crippen LogP contribution in [-0.2, 0) is 6.42 Å². The Labute approximate surface area is 230 Å². The molecule has 1 atom stereocenters. The van der Waals surface area contributed by atoms with Crippen molar-refractivity contribution in [3.63, 3.8) is 0 Å². The summed E-state index contributed by atoms with van der Waals surface area (Å²) in [4.78, 5) is 42.6. The van der Waals surface area contributed by atoms with Crippen molar-refractivity contribution in [3.05, 3.63) is 87.2 Å². The van der Waals surface area contributed by atoms with Crippen molar-refractivity contribution < 1.29 is 9.90 Å². The molecule has 0 radical (unpaired) electrons.